The summed E-state index contributed by atoms with van der Waals surface area (Å²) in [5.41, 5.74) is 1.92. The molecule has 1 heterocycles. The number of aromatic amines is 1. The second-order valence-electron chi connectivity index (χ2n) is 4.84. The van der Waals surface area contributed by atoms with Gasteiger partial charge in [-0.2, -0.15) is 0 Å². The molecule has 1 aromatic heterocycles. The fourth-order valence-electron chi connectivity index (χ4n) is 2.38. The Bertz CT molecular complexity index is 258. The number of H-pyrrole nitrogens is 1. The molecule has 0 spiro atoms. The van der Waals surface area contributed by atoms with Gasteiger partial charge in [0.25, 0.3) is 0 Å². The van der Waals surface area contributed by atoms with E-state index in [0.29, 0.717) is 5.41 Å². The average molecular weight is 192 g/mol. The van der Waals surface area contributed by atoms with Crippen LogP contribution in [0.3, 0.4) is 0 Å². The van der Waals surface area contributed by atoms with Gasteiger partial charge in [0.2, 0.25) is 0 Å². The van der Waals surface area contributed by atoms with Crippen molar-refractivity contribution in [2.45, 2.75) is 39.2 Å². The Hall–Kier alpha value is -0.760. The van der Waals surface area contributed by atoms with Crippen LogP contribution in [0.15, 0.2) is 18.5 Å². The molecule has 2 heteroatoms. The number of rotatable bonds is 4. The van der Waals surface area contributed by atoms with Crippen molar-refractivity contribution in [2.75, 3.05) is 6.54 Å². The molecule has 1 saturated carbocycles. The largest absolute Gasteiger partial charge is 0.367 e. The van der Waals surface area contributed by atoms with Crippen molar-refractivity contribution in [1.82, 2.24) is 10.3 Å². The Morgan fingerprint density at radius 2 is 2.21 bits per heavy atom. The summed E-state index contributed by atoms with van der Waals surface area (Å²) in [7, 11) is 0. The van der Waals surface area contributed by atoms with E-state index in [9.17, 15) is 0 Å². The third kappa shape index (κ3) is 2.38. The molecular formula is C12H20N2. The molecule has 14 heavy (non-hydrogen) atoms. The summed E-state index contributed by atoms with van der Waals surface area (Å²) >= 11 is 0. The van der Waals surface area contributed by atoms with Crippen LogP contribution in [0, 0.1) is 5.41 Å². The van der Waals surface area contributed by atoms with Crippen LogP contribution < -0.4 is 5.32 Å². The van der Waals surface area contributed by atoms with E-state index in [-0.39, 0.29) is 0 Å². The van der Waals surface area contributed by atoms with Gasteiger partial charge in [-0.25, -0.2) is 0 Å². The van der Waals surface area contributed by atoms with E-state index in [1.807, 2.05) is 6.20 Å². The third-order valence-corrected chi connectivity index (χ3v) is 3.35. The first-order valence-electron chi connectivity index (χ1n) is 5.61. The molecule has 0 unspecified atom stereocenters. The van der Waals surface area contributed by atoms with Gasteiger partial charge in [0.15, 0.2) is 0 Å². The van der Waals surface area contributed by atoms with E-state index in [4.69, 9.17) is 0 Å². The lowest BCUT2D eigenvalue weighted by atomic mass is 9.89. The first kappa shape index (κ1) is 9.78. The van der Waals surface area contributed by atoms with Gasteiger partial charge >= 0.3 is 0 Å². The molecule has 2 N–H and O–H groups in total. The van der Waals surface area contributed by atoms with Gasteiger partial charge in [-0.1, -0.05) is 19.8 Å². The number of aromatic nitrogens is 1. The average Bonchev–Trinajstić information content (AvgIpc) is 2.77. The molecule has 0 atom stereocenters. The molecule has 0 bridgehead atoms. The highest BCUT2D eigenvalue weighted by atomic mass is 14.9. The molecule has 1 fully saturated rings. The normalized spacial score (nSPS) is 20.1. The number of hydrogen-bond donors (Lipinski definition) is 2. The topological polar surface area (TPSA) is 27.8 Å². The lowest BCUT2D eigenvalue weighted by Crippen LogP contribution is -2.28. The SMILES string of the molecule is CC1(CNCc2cc[nH]c2)CCCC1. The quantitative estimate of drug-likeness (QED) is 0.754. The highest BCUT2D eigenvalue weighted by Gasteiger charge is 2.27. The minimum absolute atomic E-state index is 0.566. The van der Waals surface area contributed by atoms with E-state index in [0.717, 1.165) is 13.1 Å². The van der Waals surface area contributed by atoms with Gasteiger partial charge in [0, 0.05) is 25.5 Å². The summed E-state index contributed by atoms with van der Waals surface area (Å²) in [5, 5.41) is 3.55. The van der Waals surface area contributed by atoms with Gasteiger partial charge in [-0.15, -0.1) is 0 Å². The molecule has 0 aromatic carbocycles. The summed E-state index contributed by atoms with van der Waals surface area (Å²) in [4.78, 5) is 3.08. The summed E-state index contributed by atoms with van der Waals surface area (Å²) in [6, 6.07) is 2.13. The van der Waals surface area contributed by atoms with Gasteiger partial charge in [0.05, 0.1) is 0 Å². The van der Waals surface area contributed by atoms with Gasteiger partial charge in [0.1, 0.15) is 0 Å². The predicted octanol–water partition coefficient (Wildman–Crippen LogP) is 2.68. The lowest BCUT2D eigenvalue weighted by Gasteiger charge is -2.23. The van der Waals surface area contributed by atoms with E-state index >= 15 is 0 Å². The van der Waals surface area contributed by atoms with Crippen molar-refractivity contribution in [3.8, 4) is 0 Å². The number of hydrogen-bond acceptors (Lipinski definition) is 1. The van der Waals surface area contributed by atoms with Crippen molar-refractivity contribution < 1.29 is 0 Å². The minimum Gasteiger partial charge on any atom is -0.367 e. The maximum atomic E-state index is 3.55. The summed E-state index contributed by atoms with van der Waals surface area (Å²) in [6.45, 7) is 4.57. The fourth-order valence-corrected chi connectivity index (χ4v) is 2.38. The Labute approximate surface area is 86.1 Å². The van der Waals surface area contributed by atoms with Crippen LogP contribution in [0.4, 0.5) is 0 Å². The van der Waals surface area contributed by atoms with E-state index < -0.39 is 0 Å². The maximum absolute atomic E-state index is 3.55. The van der Waals surface area contributed by atoms with Crippen molar-refractivity contribution in [3.05, 3.63) is 24.0 Å². The van der Waals surface area contributed by atoms with E-state index in [1.165, 1.54) is 31.2 Å². The fraction of sp³-hybridized carbons (Fsp3) is 0.667. The summed E-state index contributed by atoms with van der Waals surface area (Å²) in [6.07, 6.45) is 9.67. The monoisotopic (exact) mass is 192 g/mol. The molecular weight excluding hydrogens is 172 g/mol. The highest BCUT2D eigenvalue weighted by molar-refractivity contribution is 5.07. The molecule has 78 valence electrons. The Kier molecular flexibility index (Phi) is 2.92. The van der Waals surface area contributed by atoms with Gasteiger partial charge < -0.3 is 10.3 Å². The Morgan fingerprint density at radius 1 is 1.43 bits per heavy atom. The van der Waals surface area contributed by atoms with Crippen molar-refractivity contribution in [1.29, 1.82) is 0 Å². The lowest BCUT2D eigenvalue weighted by molar-refractivity contribution is 0.314. The van der Waals surface area contributed by atoms with Crippen molar-refractivity contribution in [2.24, 2.45) is 5.41 Å². The molecule has 0 saturated heterocycles. The standard InChI is InChI=1S/C12H20N2/c1-12(5-2-3-6-12)10-14-9-11-4-7-13-8-11/h4,7-8,13-14H,2-3,5-6,9-10H2,1H3. The molecule has 0 aliphatic heterocycles. The first-order chi connectivity index (χ1) is 6.79. The Balaban J connectivity index is 1.72. The second-order valence-corrected chi connectivity index (χ2v) is 4.84. The van der Waals surface area contributed by atoms with Crippen molar-refractivity contribution in [3.63, 3.8) is 0 Å². The maximum Gasteiger partial charge on any atom is 0.0220 e. The van der Waals surface area contributed by atoms with Crippen molar-refractivity contribution >= 4 is 0 Å². The minimum atomic E-state index is 0.566. The predicted molar refractivity (Wildman–Crippen MR) is 59.1 cm³/mol. The summed E-state index contributed by atoms with van der Waals surface area (Å²) in [5.74, 6) is 0. The van der Waals surface area contributed by atoms with E-state index in [2.05, 4.69) is 29.5 Å². The van der Waals surface area contributed by atoms with Gasteiger partial charge in [-0.05, 0) is 29.9 Å². The zero-order valence-corrected chi connectivity index (χ0v) is 8.97. The molecule has 0 amide bonds. The van der Waals surface area contributed by atoms with E-state index in [1.54, 1.807) is 0 Å². The first-order valence-corrected chi connectivity index (χ1v) is 5.61. The second kappa shape index (κ2) is 4.18. The molecule has 0 radical (unpaired) electrons. The van der Waals surface area contributed by atoms with Crippen LogP contribution in [0.1, 0.15) is 38.2 Å². The molecule has 1 aromatic rings. The smallest absolute Gasteiger partial charge is 0.0220 e. The van der Waals surface area contributed by atoms with Gasteiger partial charge in [-0.3, -0.25) is 0 Å². The number of nitrogens with one attached hydrogen (secondary N) is 2. The van der Waals surface area contributed by atoms with Crippen LogP contribution >= 0.6 is 0 Å². The highest BCUT2D eigenvalue weighted by Crippen LogP contribution is 2.36. The summed E-state index contributed by atoms with van der Waals surface area (Å²) < 4.78 is 0. The van der Waals surface area contributed by atoms with Crippen LogP contribution in [0.5, 0.6) is 0 Å². The Morgan fingerprint density at radius 3 is 2.86 bits per heavy atom. The van der Waals surface area contributed by atoms with Crippen LogP contribution in [-0.4, -0.2) is 11.5 Å². The molecule has 1 aliphatic carbocycles. The van der Waals surface area contributed by atoms with Crippen LogP contribution in [0.2, 0.25) is 0 Å². The van der Waals surface area contributed by atoms with Crippen LogP contribution in [0.25, 0.3) is 0 Å². The molecule has 1 aliphatic rings. The molecule has 2 nitrogen and oxygen atoms in total. The third-order valence-electron chi connectivity index (χ3n) is 3.35. The molecule has 2 rings (SSSR count). The van der Waals surface area contributed by atoms with Crippen LogP contribution in [-0.2, 0) is 6.54 Å². The zero-order valence-electron chi connectivity index (χ0n) is 8.97. The zero-order chi connectivity index (χ0) is 9.86.